The first-order chi connectivity index (χ1) is 17.9. The first kappa shape index (κ1) is 25.7. The molecule has 0 amide bonds. The fourth-order valence-electron chi connectivity index (χ4n) is 4.54. The average molecular weight is 503 g/mol. The summed E-state index contributed by atoms with van der Waals surface area (Å²) in [6, 6.07) is 16.6. The molecule has 9 nitrogen and oxygen atoms in total. The molecule has 0 unspecified atom stereocenters. The maximum absolute atomic E-state index is 13.3. The van der Waals surface area contributed by atoms with Crippen LogP contribution in [-0.2, 0) is 19.1 Å². The standard InChI is InChI=1S/C28H30N4O5/c1-5-36-27(33)23-17(3)29-18(4)24(28(34)37-6-2)25(23)22-16-32(21-13-8-7-9-14-21)30-26(22)19-11-10-12-20(15-19)31-35/h7-16,25,29,31,35H,5-6H2,1-4H3. The Hall–Kier alpha value is -4.37. The molecule has 0 radical (unpaired) electrons. The number of para-hydroxylation sites is 1. The highest BCUT2D eigenvalue weighted by Gasteiger charge is 2.40. The van der Waals surface area contributed by atoms with E-state index < -0.39 is 17.9 Å². The van der Waals surface area contributed by atoms with Crippen LogP contribution in [0.25, 0.3) is 16.9 Å². The van der Waals surface area contributed by atoms with E-state index in [1.54, 1.807) is 50.6 Å². The third kappa shape index (κ3) is 5.12. The third-order valence-electron chi connectivity index (χ3n) is 6.09. The summed E-state index contributed by atoms with van der Waals surface area (Å²) in [5.41, 5.74) is 7.05. The molecule has 1 aromatic heterocycles. The number of carbonyl (C=O) groups is 2. The number of nitrogens with one attached hydrogen (secondary N) is 2. The Kier molecular flexibility index (Phi) is 7.74. The number of aromatic nitrogens is 2. The number of dihydropyridines is 1. The molecule has 0 spiro atoms. The van der Waals surface area contributed by atoms with Crippen LogP contribution in [0.2, 0.25) is 0 Å². The lowest BCUT2D eigenvalue weighted by molar-refractivity contribution is -0.139. The number of hydrogen-bond donors (Lipinski definition) is 3. The zero-order valence-electron chi connectivity index (χ0n) is 21.2. The molecule has 4 rings (SSSR count). The van der Waals surface area contributed by atoms with Crippen LogP contribution in [0, 0.1) is 0 Å². The van der Waals surface area contributed by atoms with Gasteiger partial charge in [0.2, 0.25) is 0 Å². The van der Waals surface area contributed by atoms with Gasteiger partial charge >= 0.3 is 11.9 Å². The van der Waals surface area contributed by atoms with Crippen LogP contribution >= 0.6 is 0 Å². The molecule has 3 aromatic rings. The van der Waals surface area contributed by atoms with Gasteiger partial charge in [0.15, 0.2) is 0 Å². The second kappa shape index (κ2) is 11.1. The van der Waals surface area contributed by atoms with Gasteiger partial charge in [0.05, 0.1) is 47.3 Å². The van der Waals surface area contributed by atoms with Gasteiger partial charge in [0.25, 0.3) is 0 Å². The molecule has 0 saturated carbocycles. The number of carbonyl (C=O) groups excluding carboxylic acids is 2. The largest absolute Gasteiger partial charge is 0.463 e. The van der Waals surface area contributed by atoms with Crippen molar-refractivity contribution in [2.45, 2.75) is 33.6 Å². The van der Waals surface area contributed by atoms with E-state index in [-0.39, 0.29) is 13.2 Å². The van der Waals surface area contributed by atoms with Gasteiger partial charge in [-0.2, -0.15) is 5.10 Å². The molecule has 192 valence electrons. The van der Waals surface area contributed by atoms with Crippen LogP contribution < -0.4 is 10.8 Å². The van der Waals surface area contributed by atoms with Gasteiger partial charge in [-0.25, -0.2) is 14.3 Å². The summed E-state index contributed by atoms with van der Waals surface area (Å²) in [7, 11) is 0. The van der Waals surface area contributed by atoms with Crippen LogP contribution in [0.15, 0.2) is 83.3 Å². The lowest BCUT2D eigenvalue weighted by Crippen LogP contribution is -2.32. The Balaban J connectivity index is 2.02. The summed E-state index contributed by atoms with van der Waals surface area (Å²) in [6.45, 7) is 7.39. The van der Waals surface area contributed by atoms with Crippen molar-refractivity contribution in [1.29, 1.82) is 0 Å². The van der Waals surface area contributed by atoms with E-state index in [2.05, 4.69) is 10.8 Å². The van der Waals surface area contributed by atoms with Gasteiger partial charge < -0.3 is 14.8 Å². The number of hydrogen-bond acceptors (Lipinski definition) is 8. The number of nitrogens with zero attached hydrogens (tertiary/aromatic N) is 2. The zero-order valence-corrected chi connectivity index (χ0v) is 21.2. The fourth-order valence-corrected chi connectivity index (χ4v) is 4.54. The van der Waals surface area contributed by atoms with Gasteiger partial charge in [-0.1, -0.05) is 30.3 Å². The first-order valence-electron chi connectivity index (χ1n) is 12.1. The summed E-state index contributed by atoms with van der Waals surface area (Å²) in [6.07, 6.45) is 1.82. The Morgan fingerprint density at radius 3 is 2.16 bits per heavy atom. The van der Waals surface area contributed by atoms with E-state index in [9.17, 15) is 14.8 Å². The molecule has 2 heterocycles. The molecule has 0 atom stereocenters. The van der Waals surface area contributed by atoms with Crippen LogP contribution in [0.3, 0.4) is 0 Å². The molecule has 37 heavy (non-hydrogen) atoms. The Morgan fingerprint density at radius 2 is 1.59 bits per heavy atom. The number of rotatable bonds is 8. The van der Waals surface area contributed by atoms with Crippen LogP contribution in [-0.4, -0.2) is 40.1 Å². The van der Waals surface area contributed by atoms with Crippen molar-refractivity contribution in [2.24, 2.45) is 0 Å². The lowest BCUT2D eigenvalue weighted by atomic mass is 9.79. The van der Waals surface area contributed by atoms with E-state index in [1.165, 1.54) is 0 Å². The van der Waals surface area contributed by atoms with Crippen molar-refractivity contribution in [3.8, 4) is 16.9 Å². The number of esters is 2. The van der Waals surface area contributed by atoms with Crippen LogP contribution in [0.1, 0.15) is 39.2 Å². The molecule has 0 bridgehead atoms. The zero-order chi connectivity index (χ0) is 26.5. The van der Waals surface area contributed by atoms with Crippen molar-refractivity contribution >= 4 is 17.6 Å². The van der Waals surface area contributed by atoms with E-state index in [4.69, 9.17) is 14.6 Å². The minimum Gasteiger partial charge on any atom is -0.463 e. The van der Waals surface area contributed by atoms with Gasteiger partial charge in [0.1, 0.15) is 0 Å². The molecule has 9 heteroatoms. The Morgan fingerprint density at radius 1 is 0.973 bits per heavy atom. The summed E-state index contributed by atoms with van der Waals surface area (Å²) >= 11 is 0. The monoisotopic (exact) mass is 502 g/mol. The van der Waals surface area contributed by atoms with Gasteiger partial charge in [-0.05, 0) is 52.0 Å². The average Bonchev–Trinajstić information content (AvgIpc) is 3.34. The smallest absolute Gasteiger partial charge is 0.336 e. The maximum atomic E-state index is 13.3. The Labute approximate surface area is 215 Å². The fraction of sp³-hybridized carbons (Fsp3) is 0.250. The minimum atomic E-state index is -0.808. The highest BCUT2D eigenvalue weighted by Crippen LogP contribution is 2.43. The SMILES string of the molecule is CCOC(=O)C1=C(C)NC(C)=C(C(=O)OCC)C1c1cn(-c2ccccc2)nc1-c1cccc(NO)c1. The molecule has 3 N–H and O–H groups in total. The van der Waals surface area contributed by atoms with Gasteiger partial charge in [0, 0.05) is 28.7 Å². The molecular formula is C28H30N4O5. The molecule has 0 aliphatic carbocycles. The summed E-state index contributed by atoms with van der Waals surface area (Å²) < 4.78 is 12.5. The first-order valence-corrected chi connectivity index (χ1v) is 12.1. The van der Waals surface area contributed by atoms with Crippen molar-refractivity contribution in [3.05, 3.63) is 88.9 Å². The normalized spacial score (nSPS) is 13.9. The predicted molar refractivity (Wildman–Crippen MR) is 139 cm³/mol. The van der Waals surface area contributed by atoms with E-state index in [0.717, 1.165) is 5.69 Å². The van der Waals surface area contributed by atoms with E-state index in [0.29, 0.717) is 45.0 Å². The molecule has 2 aromatic carbocycles. The van der Waals surface area contributed by atoms with Crippen molar-refractivity contribution < 1.29 is 24.3 Å². The quantitative estimate of drug-likeness (QED) is 0.300. The molecule has 1 aliphatic rings. The number of ether oxygens (including phenoxy) is 2. The molecule has 0 saturated heterocycles. The molecular weight excluding hydrogens is 472 g/mol. The number of allylic oxidation sites excluding steroid dienone is 2. The third-order valence-corrected chi connectivity index (χ3v) is 6.09. The number of benzene rings is 2. The minimum absolute atomic E-state index is 0.181. The summed E-state index contributed by atoms with van der Waals surface area (Å²) in [5, 5.41) is 17.5. The second-order valence-corrected chi connectivity index (χ2v) is 8.48. The van der Waals surface area contributed by atoms with Crippen molar-refractivity contribution in [1.82, 2.24) is 15.1 Å². The number of anilines is 1. The van der Waals surface area contributed by atoms with E-state index in [1.807, 2.05) is 42.6 Å². The van der Waals surface area contributed by atoms with Crippen molar-refractivity contribution in [2.75, 3.05) is 18.7 Å². The van der Waals surface area contributed by atoms with E-state index >= 15 is 0 Å². The van der Waals surface area contributed by atoms with Crippen LogP contribution in [0.4, 0.5) is 5.69 Å². The van der Waals surface area contributed by atoms with Crippen LogP contribution in [0.5, 0.6) is 0 Å². The molecule has 0 fully saturated rings. The highest BCUT2D eigenvalue weighted by atomic mass is 16.5. The topological polar surface area (TPSA) is 115 Å². The predicted octanol–water partition coefficient (Wildman–Crippen LogP) is 4.70. The summed E-state index contributed by atoms with van der Waals surface area (Å²) in [4.78, 5) is 26.6. The lowest BCUT2D eigenvalue weighted by Gasteiger charge is -2.30. The van der Waals surface area contributed by atoms with Crippen molar-refractivity contribution in [3.63, 3.8) is 0 Å². The Bertz CT molecular complexity index is 1330. The summed E-state index contributed by atoms with van der Waals surface area (Å²) in [5.74, 6) is -1.87. The van der Waals surface area contributed by atoms with Gasteiger partial charge in [-0.3, -0.25) is 10.7 Å². The van der Waals surface area contributed by atoms with Gasteiger partial charge in [-0.15, -0.1) is 0 Å². The second-order valence-electron chi connectivity index (χ2n) is 8.48. The maximum Gasteiger partial charge on any atom is 0.336 e. The molecule has 1 aliphatic heterocycles. The highest BCUT2D eigenvalue weighted by molar-refractivity contribution is 6.00.